The van der Waals surface area contributed by atoms with Crippen molar-refractivity contribution in [1.82, 2.24) is 19.9 Å². The number of carbonyl (C=O) groups excluding carboxylic acids is 1. The summed E-state index contributed by atoms with van der Waals surface area (Å²) in [6.45, 7) is 7.03. The SMILES string of the molecule is COCCCS(=O)(=O)c1ccc(/C(=N\N2CCOCC2)C(=O)Nc2nc3ccc(OCC(C)(C)N(C)C)nc3s2)cc1. The van der Waals surface area contributed by atoms with Crippen LogP contribution in [0.2, 0.25) is 0 Å². The van der Waals surface area contributed by atoms with Crippen LogP contribution in [0.3, 0.4) is 0 Å². The number of ether oxygens (including phenoxy) is 3. The van der Waals surface area contributed by atoms with Gasteiger partial charge in [0.2, 0.25) is 5.88 Å². The standard InChI is InChI=1S/C28H38N6O6S2/c1-28(2,33(3)4)19-40-23-12-11-22-26(30-23)41-27(29-22)31-25(35)24(32-34-13-16-39-17-14-34)20-7-9-21(10-8-20)42(36,37)18-6-15-38-5/h7-12H,6,13-19H2,1-5H3,(H,29,31,35)/b32-24+. The number of nitrogens with zero attached hydrogens (tertiary/aromatic N) is 5. The lowest BCUT2D eigenvalue weighted by atomic mass is 10.1. The van der Waals surface area contributed by atoms with Crippen LogP contribution in [-0.4, -0.2) is 112 Å². The number of rotatable bonds is 13. The molecule has 12 nitrogen and oxygen atoms in total. The lowest BCUT2D eigenvalue weighted by Gasteiger charge is -2.31. The van der Waals surface area contributed by atoms with E-state index in [2.05, 4.69) is 39.1 Å². The number of hydrazone groups is 1. The van der Waals surface area contributed by atoms with Gasteiger partial charge in [0.25, 0.3) is 5.91 Å². The second-order valence-electron chi connectivity index (χ2n) is 10.6. The Morgan fingerprint density at radius 3 is 2.52 bits per heavy atom. The summed E-state index contributed by atoms with van der Waals surface area (Å²) in [5.41, 5.74) is 1.08. The molecule has 4 rings (SSSR count). The molecule has 0 radical (unpaired) electrons. The van der Waals surface area contributed by atoms with Gasteiger partial charge in [0.05, 0.1) is 37.0 Å². The summed E-state index contributed by atoms with van der Waals surface area (Å²) >= 11 is 1.23. The van der Waals surface area contributed by atoms with E-state index in [1.54, 1.807) is 29.3 Å². The minimum Gasteiger partial charge on any atom is -0.476 e. The Balaban J connectivity index is 1.54. The highest BCUT2D eigenvalue weighted by Gasteiger charge is 2.23. The molecule has 3 aromatic rings. The maximum Gasteiger partial charge on any atom is 0.278 e. The zero-order chi connectivity index (χ0) is 30.3. The number of fused-ring (bicyclic) bond motifs is 1. The van der Waals surface area contributed by atoms with Gasteiger partial charge in [0, 0.05) is 30.9 Å². The Labute approximate surface area is 250 Å². The largest absolute Gasteiger partial charge is 0.476 e. The molecule has 0 bridgehead atoms. The third-order valence-electron chi connectivity index (χ3n) is 6.93. The molecule has 0 spiro atoms. The van der Waals surface area contributed by atoms with Crippen molar-refractivity contribution in [3.63, 3.8) is 0 Å². The number of anilines is 1. The predicted molar refractivity (Wildman–Crippen MR) is 163 cm³/mol. The van der Waals surface area contributed by atoms with E-state index in [-0.39, 0.29) is 21.9 Å². The maximum atomic E-state index is 13.5. The second-order valence-corrected chi connectivity index (χ2v) is 13.7. The summed E-state index contributed by atoms with van der Waals surface area (Å²) in [6, 6.07) is 9.76. The van der Waals surface area contributed by atoms with Crippen molar-refractivity contribution in [3.8, 4) is 5.88 Å². The molecule has 2 aromatic heterocycles. The summed E-state index contributed by atoms with van der Waals surface area (Å²) in [5.74, 6) is -0.0208. The van der Waals surface area contributed by atoms with Gasteiger partial charge in [-0.2, -0.15) is 5.10 Å². The highest BCUT2D eigenvalue weighted by molar-refractivity contribution is 7.91. The molecule has 1 N–H and O–H groups in total. The Kier molecular flexibility index (Phi) is 10.5. The summed E-state index contributed by atoms with van der Waals surface area (Å²) < 4.78 is 41.7. The van der Waals surface area contributed by atoms with Crippen LogP contribution in [0.4, 0.5) is 5.13 Å². The first-order valence-electron chi connectivity index (χ1n) is 13.6. The smallest absolute Gasteiger partial charge is 0.278 e. The number of amides is 1. The summed E-state index contributed by atoms with van der Waals surface area (Å²) in [6.07, 6.45) is 0.394. The molecule has 1 saturated heterocycles. The fraction of sp³-hybridized carbons (Fsp3) is 0.500. The molecule has 1 aliphatic rings. The molecule has 42 heavy (non-hydrogen) atoms. The maximum absolute atomic E-state index is 13.5. The molecule has 3 heterocycles. The van der Waals surface area contributed by atoms with E-state index in [1.165, 1.54) is 30.6 Å². The average molecular weight is 619 g/mol. The minimum absolute atomic E-state index is 0.0266. The number of methoxy groups -OCH3 is 1. The van der Waals surface area contributed by atoms with Crippen LogP contribution in [-0.2, 0) is 24.1 Å². The van der Waals surface area contributed by atoms with Gasteiger partial charge in [-0.25, -0.2) is 18.4 Å². The first-order chi connectivity index (χ1) is 20.0. The van der Waals surface area contributed by atoms with Gasteiger partial charge in [0.15, 0.2) is 20.7 Å². The number of sulfone groups is 1. The first-order valence-corrected chi connectivity index (χ1v) is 16.1. The van der Waals surface area contributed by atoms with Crippen LogP contribution >= 0.6 is 11.3 Å². The van der Waals surface area contributed by atoms with E-state index in [0.29, 0.717) is 72.9 Å². The average Bonchev–Trinajstić information content (AvgIpc) is 3.37. The van der Waals surface area contributed by atoms with E-state index in [0.717, 1.165) is 0 Å². The quantitative estimate of drug-likeness (QED) is 0.225. The number of hydrogen-bond acceptors (Lipinski definition) is 12. The molecular formula is C28H38N6O6S2. The van der Waals surface area contributed by atoms with Gasteiger partial charge >= 0.3 is 0 Å². The number of hydrogen-bond donors (Lipinski definition) is 1. The third-order valence-corrected chi connectivity index (χ3v) is 9.62. The molecule has 0 aliphatic carbocycles. The van der Waals surface area contributed by atoms with Crippen molar-refractivity contribution in [2.75, 3.05) is 71.8 Å². The number of morpholine rings is 1. The second kappa shape index (κ2) is 13.9. The van der Waals surface area contributed by atoms with Crippen molar-refractivity contribution < 1.29 is 27.4 Å². The van der Waals surface area contributed by atoms with Gasteiger partial charge in [-0.05, 0) is 52.6 Å². The van der Waals surface area contributed by atoms with Crippen LogP contribution in [0.15, 0.2) is 46.4 Å². The Morgan fingerprint density at radius 1 is 1.14 bits per heavy atom. The monoisotopic (exact) mass is 618 g/mol. The molecule has 228 valence electrons. The molecule has 1 aromatic carbocycles. The van der Waals surface area contributed by atoms with E-state index in [4.69, 9.17) is 14.2 Å². The lowest BCUT2D eigenvalue weighted by Crippen LogP contribution is -2.43. The fourth-order valence-electron chi connectivity index (χ4n) is 3.83. The number of pyridine rings is 1. The normalized spacial score (nSPS) is 14.9. The lowest BCUT2D eigenvalue weighted by molar-refractivity contribution is -0.110. The van der Waals surface area contributed by atoms with Crippen molar-refractivity contribution in [1.29, 1.82) is 0 Å². The molecular weight excluding hydrogens is 580 g/mol. The van der Waals surface area contributed by atoms with E-state index in [9.17, 15) is 13.2 Å². The van der Waals surface area contributed by atoms with E-state index >= 15 is 0 Å². The summed E-state index contributed by atoms with van der Waals surface area (Å²) in [5, 5.41) is 9.59. The van der Waals surface area contributed by atoms with E-state index in [1.807, 2.05) is 14.1 Å². The molecule has 14 heteroatoms. The van der Waals surface area contributed by atoms with Crippen molar-refractivity contribution in [2.45, 2.75) is 30.7 Å². The Morgan fingerprint density at radius 2 is 1.86 bits per heavy atom. The third kappa shape index (κ3) is 8.22. The summed E-state index contributed by atoms with van der Waals surface area (Å²) in [7, 11) is 2.04. The first kappa shape index (κ1) is 31.8. The fourth-order valence-corrected chi connectivity index (χ4v) is 5.94. The highest BCUT2D eigenvalue weighted by Crippen LogP contribution is 2.27. The van der Waals surface area contributed by atoms with Gasteiger partial charge in [-0.3, -0.25) is 15.1 Å². The van der Waals surface area contributed by atoms with Crippen LogP contribution in [0, 0.1) is 0 Å². The minimum atomic E-state index is -3.48. The van der Waals surface area contributed by atoms with Crippen LogP contribution < -0.4 is 10.1 Å². The number of thiazole rings is 1. The molecule has 0 unspecified atom stereocenters. The zero-order valence-electron chi connectivity index (χ0n) is 24.6. The topological polar surface area (TPSA) is 136 Å². The number of carbonyl (C=O) groups is 1. The van der Waals surface area contributed by atoms with Crippen LogP contribution in [0.5, 0.6) is 5.88 Å². The van der Waals surface area contributed by atoms with Crippen molar-refractivity contribution >= 4 is 48.3 Å². The number of benzene rings is 1. The molecule has 1 fully saturated rings. The van der Waals surface area contributed by atoms with Crippen molar-refractivity contribution in [3.05, 3.63) is 42.0 Å². The zero-order valence-corrected chi connectivity index (χ0v) is 26.3. The van der Waals surface area contributed by atoms with Crippen molar-refractivity contribution in [2.24, 2.45) is 5.10 Å². The molecule has 0 atom stereocenters. The highest BCUT2D eigenvalue weighted by atomic mass is 32.2. The Hall–Kier alpha value is -3.17. The molecule has 0 saturated carbocycles. The van der Waals surface area contributed by atoms with Crippen LogP contribution in [0.25, 0.3) is 10.3 Å². The predicted octanol–water partition coefficient (Wildman–Crippen LogP) is 2.90. The van der Waals surface area contributed by atoms with Crippen LogP contribution in [0.1, 0.15) is 25.8 Å². The van der Waals surface area contributed by atoms with Gasteiger partial charge in [-0.15, -0.1) is 0 Å². The van der Waals surface area contributed by atoms with Gasteiger partial charge in [0.1, 0.15) is 17.0 Å². The van der Waals surface area contributed by atoms with Gasteiger partial charge in [-0.1, -0.05) is 23.5 Å². The molecule has 1 amide bonds. The number of aromatic nitrogens is 2. The van der Waals surface area contributed by atoms with Gasteiger partial charge < -0.3 is 19.1 Å². The molecule has 1 aliphatic heterocycles. The van der Waals surface area contributed by atoms with E-state index < -0.39 is 15.7 Å². The summed E-state index contributed by atoms with van der Waals surface area (Å²) in [4.78, 5) is 25.5. The number of nitrogens with one attached hydrogen (secondary N) is 1. The Bertz CT molecular complexity index is 1500. The number of likely N-dealkylation sites (N-methyl/N-ethyl adjacent to an activating group) is 1.